The Hall–Kier alpha value is -2.21. The van der Waals surface area contributed by atoms with Gasteiger partial charge in [0, 0.05) is 31.1 Å². The molecule has 2 aromatic heterocycles. The fourth-order valence-electron chi connectivity index (χ4n) is 2.97. The van der Waals surface area contributed by atoms with Gasteiger partial charge in [-0.05, 0) is 43.5 Å². The number of carbonyl (C=O) groups is 2. The molecule has 3 heterocycles. The van der Waals surface area contributed by atoms with Gasteiger partial charge in [0.2, 0.25) is 5.91 Å². The van der Waals surface area contributed by atoms with Gasteiger partial charge >= 0.3 is 0 Å². The lowest BCUT2D eigenvalue weighted by molar-refractivity contribution is -0.119. The number of likely N-dealkylation sites (tertiary alicyclic amines) is 1. The third kappa shape index (κ3) is 3.64. The molecule has 0 spiro atoms. The second kappa shape index (κ2) is 7.13. The number of aryl methyl sites for hydroxylation is 1. The fourth-order valence-corrected chi connectivity index (χ4v) is 3.80. The van der Waals surface area contributed by atoms with Crippen molar-refractivity contribution >= 4 is 23.2 Å². The minimum Gasteiger partial charge on any atom is -0.352 e. The summed E-state index contributed by atoms with van der Waals surface area (Å²) in [6, 6.07) is 7.86. The van der Waals surface area contributed by atoms with E-state index in [4.69, 9.17) is 0 Å². The lowest BCUT2D eigenvalue weighted by atomic mass is 10.1. The van der Waals surface area contributed by atoms with E-state index in [-0.39, 0.29) is 17.9 Å². The van der Waals surface area contributed by atoms with Crippen LogP contribution in [0, 0.1) is 6.92 Å². The Morgan fingerprint density at radius 3 is 2.79 bits per heavy atom. The Labute approximate surface area is 145 Å². The molecule has 2 aromatic rings. The maximum absolute atomic E-state index is 12.7. The van der Waals surface area contributed by atoms with E-state index in [1.54, 1.807) is 6.20 Å². The number of amides is 2. The molecule has 0 unspecified atom stereocenters. The number of aromatic nitrogens is 1. The standard InChI is InChI=1S/C18H21N3O2S/c1-12-5-8-17(24-12)18(23)21-9-3-4-16(21)15-7-6-14(11-20-15)10-19-13(2)22/h5-8,11,16H,3-4,9-10H2,1-2H3,(H,19,22)/t16-/m1/s1. The van der Waals surface area contributed by atoms with E-state index in [1.165, 1.54) is 18.3 Å². The molecule has 1 saturated heterocycles. The largest absolute Gasteiger partial charge is 0.352 e. The van der Waals surface area contributed by atoms with Crippen LogP contribution in [0.5, 0.6) is 0 Å². The van der Waals surface area contributed by atoms with E-state index in [1.807, 2.05) is 36.1 Å². The van der Waals surface area contributed by atoms with Gasteiger partial charge in [-0.15, -0.1) is 11.3 Å². The van der Waals surface area contributed by atoms with Gasteiger partial charge in [0.05, 0.1) is 16.6 Å². The van der Waals surface area contributed by atoms with Crippen molar-refractivity contribution in [3.63, 3.8) is 0 Å². The molecule has 0 bridgehead atoms. The normalized spacial score (nSPS) is 17.1. The predicted molar refractivity (Wildman–Crippen MR) is 93.8 cm³/mol. The van der Waals surface area contributed by atoms with Gasteiger partial charge in [0.1, 0.15) is 0 Å². The van der Waals surface area contributed by atoms with Gasteiger partial charge in [-0.25, -0.2) is 0 Å². The topological polar surface area (TPSA) is 62.3 Å². The maximum atomic E-state index is 12.7. The summed E-state index contributed by atoms with van der Waals surface area (Å²) in [4.78, 5) is 32.1. The van der Waals surface area contributed by atoms with E-state index in [0.29, 0.717) is 6.54 Å². The SMILES string of the molecule is CC(=O)NCc1ccc([C@H]2CCCN2C(=O)c2ccc(C)s2)nc1. The quantitative estimate of drug-likeness (QED) is 0.928. The van der Waals surface area contributed by atoms with Crippen molar-refractivity contribution in [1.82, 2.24) is 15.2 Å². The summed E-state index contributed by atoms with van der Waals surface area (Å²) in [7, 11) is 0. The van der Waals surface area contributed by atoms with Crippen molar-refractivity contribution in [3.05, 3.63) is 51.5 Å². The second-order valence-electron chi connectivity index (χ2n) is 6.07. The number of nitrogens with one attached hydrogen (secondary N) is 1. The van der Waals surface area contributed by atoms with Crippen molar-refractivity contribution in [2.45, 2.75) is 39.3 Å². The molecule has 6 heteroatoms. The van der Waals surface area contributed by atoms with E-state index >= 15 is 0 Å². The van der Waals surface area contributed by atoms with Crippen LogP contribution in [0.2, 0.25) is 0 Å². The van der Waals surface area contributed by atoms with Crippen molar-refractivity contribution in [2.75, 3.05) is 6.54 Å². The van der Waals surface area contributed by atoms with Crippen molar-refractivity contribution in [1.29, 1.82) is 0 Å². The zero-order chi connectivity index (χ0) is 17.1. The summed E-state index contributed by atoms with van der Waals surface area (Å²) in [5.74, 6) is 0.0394. The first-order valence-corrected chi connectivity index (χ1v) is 8.93. The van der Waals surface area contributed by atoms with E-state index in [9.17, 15) is 9.59 Å². The molecule has 0 saturated carbocycles. The number of pyridine rings is 1. The lowest BCUT2D eigenvalue weighted by Gasteiger charge is -2.24. The molecule has 5 nitrogen and oxygen atoms in total. The molecule has 1 fully saturated rings. The monoisotopic (exact) mass is 343 g/mol. The highest BCUT2D eigenvalue weighted by Crippen LogP contribution is 2.33. The summed E-state index contributed by atoms with van der Waals surface area (Å²) in [5.41, 5.74) is 1.87. The third-order valence-electron chi connectivity index (χ3n) is 4.20. The average molecular weight is 343 g/mol. The predicted octanol–water partition coefficient (Wildman–Crippen LogP) is 3.06. The van der Waals surface area contributed by atoms with Gasteiger partial charge in [-0.3, -0.25) is 14.6 Å². The van der Waals surface area contributed by atoms with Crippen LogP contribution >= 0.6 is 11.3 Å². The number of rotatable bonds is 4. The summed E-state index contributed by atoms with van der Waals surface area (Å²) >= 11 is 1.54. The molecule has 24 heavy (non-hydrogen) atoms. The number of thiophene rings is 1. The number of hydrogen-bond acceptors (Lipinski definition) is 4. The average Bonchev–Trinajstić information content (AvgIpc) is 3.22. The van der Waals surface area contributed by atoms with Crippen LogP contribution in [0.3, 0.4) is 0 Å². The highest BCUT2D eigenvalue weighted by molar-refractivity contribution is 7.13. The molecule has 0 radical (unpaired) electrons. The molecule has 1 N–H and O–H groups in total. The number of hydrogen-bond donors (Lipinski definition) is 1. The van der Waals surface area contributed by atoms with Crippen LogP contribution in [0.1, 0.15) is 51.6 Å². The van der Waals surface area contributed by atoms with E-state index in [2.05, 4.69) is 10.3 Å². The van der Waals surface area contributed by atoms with Crippen molar-refractivity contribution < 1.29 is 9.59 Å². The van der Waals surface area contributed by atoms with Gasteiger partial charge in [-0.2, -0.15) is 0 Å². The Kier molecular flexibility index (Phi) is 4.94. The third-order valence-corrected chi connectivity index (χ3v) is 5.18. The Morgan fingerprint density at radius 1 is 1.33 bits per heavy atom. The number of carbonyl (C=O) groups excluding carboxylic acids is 2. The first-order valence-electron chi connectivity index (χ1n) is 8.11. The van der Waals surface area contributed by atoms with E-state index in [0.717, 1.165) is 40.4 Å². The first kappa shape index (κ1) is 16.6. The minimum atomic E-state index is -0.0575. The number of nitrogens with zero attached hydrogens (tertiary/aromatic N) is 2. The molecular formula is C18H21N3O2S. The summed E-state index contributed by atoms with van der Waals surface area (Å²) in [5, 5.41) is 2.76. The van der Waals surface area contributed by atoms with Gasteiger partial charge in [0.25, 0.3) is 5.91 Å². The molecular weight excluding hydrogens is 322 g/mol. The van der Waals surface area contributed by atoms with Gasteiger partial charge < -0.3 is 10.2 Å². The zero-order valence-electron chi connectivity index (χ0n) is 13.9. The summed E-state index contributed by atoms with van der Waals surface area (Å²) < 4.78 is 0. The van der Waals surface area contributed by atoms with Crippen LogP contribution < -0.4 is 5.32 Å². The molecule has 126 valence electrons. The van der Waals surface area contributed by atoms with Crippen LogP contribution in [0.25, 0.3) is 0 Å². The molecule has 0 aromatic carbocycles. The lowest BCUT2D eigenvalue weighted by Crippen LogP contribution is -2.30. The first-order chi connectivity index (χ1) is 11.5. The summed E-state index contributed by atoms with van der Waals surface area (Å²) in [6.07, 6.45) is 3.71. The Balaban J connectivity index is 1.73. The zero-order valence-corrected chi connectivity index (χ0v) is 14.7. The summed E-state index contributed by atoms with van der Waals surface area (Å²) in [6.45, 7) is 4.76. The fraction of sp³-hybridized carbons (Fsp3) is 0.389. The van der Waals surface area contributed by atoms with Crippen LogP contribution in [-0.2, 0) is 11.3 Å². The van der Waals surface area contributed by atoms with Crippen molar-refractivity contribution in [2.24, 2.45) is 0 Å². The van der Waals surface area contributed by atoms with Crippen LogP contribution in [0.15, 0.2) is 30.5 Å². The highest BCUT2D eigenvalue weighted by Gasteiger charge is 2.31. The minimum absolute atomic E-state index is 0.0368. The maximum Gasteiger partial charge on any atom is 0.264 e. The molecule has 1 aliphatic heterocycles. The smallest absolute Gasteiger partial charge is 0.264 e. The second-order valence-corrected chi connectivity index (χ2v) is 7.36. The molecule has 1 aliphatic rings. The van der Waals surface area contributed by atoms with Crippen LogP contribution in [0.4, 0.5) is 0 Å². The van der Waals surface area contributed by atoms with Gasteiger partial charge in [0.15, 0.2) is 0 Å². The molecule has 3 rings (SSSR count). The molecule has 1 atom stereocenters. The Morgan fingerprint density at radius 2 is 2.17 bits per heavy atom. The van der Waals surface area contributed by atoms with E-state index < -0.39 is 0 Å². The van der Waals surface area contributed by atoms with Crippen LogP contribution in [-0.4, -0.2) is 28.2 Å². The molecule has 2 amide bonds. The molecule has 0 aliphatic carbocycles. The Bertz CT molecular complexity index is 739. The highest BCUT2D eigenvalue weighted by atomic mass is 32.1. The van der Waals surface area contributed by atoms with Crippen molar-refractivity contribution in [3.8, 4) is 0 Å². The van der Waals surface area contributed by atoms with Gasteiger partial charge in [-0.1, -0.05) is 6.07 Å².